The van der Waals surface area contributed by atoms with E-state index in [2.05, 4.69) is 10.4 Å². The van der Waals surface area contributed by atoms with Crippen LogP contribution in [0.15, 0.2) is 58.5 Å². The Morgan fingerprint density at radius 2 is 1.94 bits per heavy atom. The van der Waals surface area contributed by atoms with Crippen LogP contribution in [0.2, 0.25) is 0 Å². The van der Waals surface area contributed by atoms with Gasteiger partial charge in [0.2, 0.25) is 12.7 Å². The van der Waals surface area contributed by atoms with E-state index < -0.39 is 0 Å². The average molecular weight is 478 g/mol. The van der Waals surface area contributed by atoms with Gasteiger partial charge >= 0.3 is 0 Å². The Labute approximate surface area is 199 Å². The molecule has 1 aliphatic heterocycles. The van der Waals surface area contributed by atoms with Gasteiger partial charge in [0.25, 0.3) is 5.56 Å². The summed E-state index contributed by atoms with van der Waals surface area (Å²) >= 11 is 1.22. The van der Waals surface area contributed by atoms with E-state index in [0.717, 1.165) is 5.56 Å². The number of carbonyl (C=O) groups is 1. The Bertz CT molecular complexity index is 1430. The predicted molar refractivity (Wildman–Crippen MR) is 130 cm³/mol. The van der Waals surface area contributed by atoms with Gasteiger partial charge in [0.1, 0.15) is 5.52 Å². The van der Waals surface area contributed by atoms with Crippen molar-refractivity contribution in [1.82, 2.24) is 19.3 Å². The first-order valence-electron chi connectivity index (χ1n) is 10.9. The van der Waals surface area contributed by atoms with E-state index in [1.165, 1.54) is 11.8 Å². The molecule has 0 spiro atoms. The van der Waals surface area contributed by atoms with Gasteiger partial charge in [-0.15, -0.1) is 0 Å². The minimum Gasteiger partial charge on any atom is -0.454 e. The van der Waals surface area contributed by atoms with Crippen LogP contribution < -0.4 is 20.3 Å². The number of nitrogens with zero attached hydrogens (tertiary/aromatic N) is 4. The van der Waals surface area contributed by atoms with Crippen LogP contribution in [-0.4, -0.2) is 37.8 Å². The lowest BCUT2D eigenvalue weighted by atomic mass is 10.2. The zero-order chi connectivity index (χ0) is 23.7. The summed E-state index contributed by atoms with van der Waals surface area (Å²) in [7, 11) is 0. The highest BCUT2D eigenvalue weighted by Gasteiger charge is 2.20. The quantitative estimate of drug-likeness (QED) is 0.322. The number of carbonyl (C=O) groups excluding carboxylic acids is 1. The minimum absolute atomic E-state index is 0.106. The molecule has 1 N–H and O–H groups in total. The summed E-state index contributed by atoms with van der Waals surface area (Å²) in [6.07, 6.45) is 0. The van der Waals surface area contributed by atoms with Crippen molar-refractivity contribution in [2.24, 2.45) is 0 Å². The van der Waals surface area contributed by atoms with Crippen molar-refractivity contribution in [3.8, 4) is 11.5 Å². The van der Waals surface area contributed by atoms with Crippen LogP contribution in [0.5, 0.6) is 11.5 Å². The van der Waals surface area contributed by atoms with E-state index >= 15 is 0 Å². The first kappa shape index (κ1) is 22.0. The van der Waals surface area contributed by atoms with E-state index in [-0.39, 0.29) is 30.6 Å². The number of rotatable bonds is 7. The van der Waals surface area contributed by atoms with Crippen LogP contribution in [0.3, 0.4) is 0 Å². The van der Waals surface area contributed by atoms with E-state index in [1.807, 2.05) is 62.4 Å². The van der Waals surface area contributed by atoms with Crippen LogP contribution in [0.4, 0.5) is 5.69 Å². The van der Waals surface area contributed by atoms with Crippen LogP contribution in [0, 0.1) is 6.92 Å². The van der Waals surface area contributed by atoms with Gasteiger partial charge in [-0.1, -0.05) is 36.0 Å². The fourth-order valence-corrected chi connectivity index (χ4v) is 4.63. The number of fused-ring (bicyclic) bond motifs is 2. The zero-order valence-electron chi connectivity index (χ0n) is 18.8. The first-order chi connectivity index (χ1) is 16.5. The number of nitrogens with one attached hydrogen (secondary N) is 1. The molecule has 9 nitrogen and oxygen atoms in total. The molecule has 2 aromatic heterocycles. The SMILES string of the molecule is CCn1nc(C)c2nc(SCC(=O)Nc3ccccc3)n(Cc3ccc4c(c3)OCO4)c(=O)c21. The monoisotopic (exact) mass is 477 g/mol. The van der Waals surface area contributed by atoms with Crippen LogP contribution >= 0.6 is 11.8 Å². The fraction of sp³-hybridized carbons (Fsp3) is 0.250. The summed E-state index contributed by atoms with van der Waals surface area (Å²) < 4.78 is 14.1. The summed E-state index contributed by atoms with van der Waals surface area (Å²) in [6.45, 7) is 4.77. The largest absolute Gasteiger partial charge is 0.454 e. The van der Waals surface area contributed by atoms with Gasteiger partial charge in [0, 0.05) is 12.2 Å². The number of hydrogen-bond acceptors (Lipinski definition) is 7. The number of aryl methyl sites for hydroxylation is 2. The van der Waals surface area contributed by atoms with Gasteiger partial charge in [-0.3, -0.25) is 18.8 Å². The Morgan fingerprint density at radius 3 is 2.74 bits per heavy atom. The molecule has 0 atom stereocenters. The number of thioether (sulfide) groups is 1. The summed E-state index contributed by atoms with van der Waals surface area (Å²) in [6, 6.07) is 14.8. The van der Waals surface area contributed by atoms with Gasteiger partial charge in [0.15, 0.2) is 22.2 Å². The van der Waals surface area contributed by atoms with Crippen LogP contribution in [-0.2, 0) is 17.9 Å². The zero-order valence-corrected chi connectivity index (χ0v) is 19.6. The number of anilines is 1. The second-order valence-electron chi connectivity index (χ2n) is 7.77. The van der Waals surface area contributed by atoms with E-state index in [9.17, 15) is 9.59 Å². The van der Waals surface area contributed by atoms with Crippen molar-refractivity contribution in [2.45, 2.75) is 32.1 Å². The number of para-hydroxylation sites is 1. The minimum atomic E-state index is -0.198. The van der Waals surface area contributed by atoms with Crippen molar-refractivity contribution in [3.05, 3.63) is 70.1 Å². The second kappa shape index (κ2) is 9.22. The smallest absolute Gasteiger partial charge is 0.280 e. The van der Waals surface area contributed by atoms with Crippen molar-refractivity contribution in [1.29, 1.82) is 0 Å². The highest BCUT2D eigenvalue weighted by Crippen LogP contribution is 2.33. The molecular formula is C24H23N5O4S. The maximum absolute atomic E-state index is 13.6. The number of hydrogen-bond donors (Lipinski definition) is 1. The number of amides is 1. The third-order valence-corrected chi connectivity index (χ3v) is 6.43. The van der Waals surface area contributed by atoms with E-state index in [1.54, 1.807) is 9.25 Å². The van der Waals surface area contributed by atoms with Crippen molar-refractivity contribution in [3.63, 3.8) is 0 Å². The number of benzene rings is 2. The van der Waals surface area contributed by atoms with Gasteiger partial charge in [-0.2, -0.15) is 5.10 Å². The third kappa shape index (κ3) is 4.24. The Hall–Kier alpha value is -3.79. The van der Waals surface area contributed by atoms with Crippen molar-refractivity contribution in [2.75, 3.05) is 17.9 Å². The molecule has 0 saturated carbocycles. The fourth-order valence-electron chi connectivity index (χ4n) is 3.84. The molecule has 34 heavy (non-hydrogen) atoms. The molecule has 2 aromatic carbocycles. The standard InChI is InChI=1S/C24H23N5O4S/c1-3-29-22-21(15(2)27-29)26-24(34-13-20(30)25-17-7-5-4-6-8-17)28(23(22)31)12-16-9-10-18-19(11-16)33-14-32-18/h4-11H,3,12-14H2,1-2H3,(H,25,30). The lowest BCUT2D eigenvalue weighted by Crippen LogP contribution is -2.26. The number of ether oxygens (including phenoxy) is 2. The molecular weight excluding hydrogens is 454 g/mol. The molecule has 4 aromatic rings. The first-order valence-corrected chi connectivity index (χ1v) is 11.9. The maximum atomic E-state index is 13.6. The normalized spacial score (nSPS) is 12.3. The van der Waals surface area contributed by atoms with Gasteiger partial charge in [-0.05, 0) is 43.7 Å². The molecule has 10 heteroatoms. The van der Waals surface area contributed by atoms with Gasteiger partial charge < -0.3 is 14.8 Å². The van der Waals surface area contributed by atoms with E-state index in [4.69, 9.17) is 14.5 Å². The summed E-state index contributed by atoms with van der Waals surface area (Å²) in [4.78, 5) is 30.9. The van der Waals surface area contributed by atoms with Crippen molar-refractivity contribution >= 4 is 34.4 Å². The van der Waals surface area contributed by atoms with Crippen LogP contribution in [0.1, 0.15) is 18.2 Å². The Kier molecular flexibility index (Phi) is 5.97. The Morgan fingerprint density at radius 1 is 1.15 bits per heavy atom. The predicted octanol–water partition coefficient (Wildman–Crippen LogP) is 3.43. The molecule has 0 aliphatic carbocycles. The van der Waals surface area contributed by atoms with Crippen LogP contribution in [0.25, 0.3) is 11.0 Å². The third-order valence-electron chi connectivity index (χ3n) is 5.45. The highest BCUT2D eigenvalue weighted by molar-refractivity contribution is 7.99. The number of aromatic nitrogens is 4. The molecule has 0 unspecified atom stereocenters. The molecule has 174 valence electrons. The molecule has 1 amide bonds. The summed E-state index contributed by atoms with van der Waals surface area (Å²) in [5.74, 6) is 1.25. The second-order valence-corrected chi connectivity index (χ2v) is 8.72. The molecule has 0 fully saturated rings. The molecule has 3 heterocycles. The topological polar surface area (TPSA) is 100 Å². The maximum Gasteiger partial charge on any atom is 0.280 e. The Balaban J connectivity index is 1.49. The highest BCUT2D eigenvalue weighted by atomic mass is 32.2. The van der Waals surface area contributed by atoms with Gasteiger partial charge in [0.05, 0.1) is 18.0 Å². The molecule has 0 radical (unpaired) electrons. The van der Waals surface area contributed by atoms with E-state index in [0.29, 0.717) is 45.6 Å². The molecule has 0 bridgehead atoms. The summed E-state index contributed by atoms with van der Waals surface area (Å²) in [5.41, 5.74) is 3.08. The average Bonchev–Trinajstić information content (AvgIpc) is 3.44. The molecule has 5 rings (SSSR count). The molecule has 1 aliphatic rings. The lowest BCUT2D eigenvalue weighted by Gasteiger charge is -2.13. The lowest BCUT2D eigenvalue weighted by molar-refractivity contribution is -0.113. The molecule has 0 saturated heterocycles. The van der Waals surface area contributed by atoms with Crippen molar-refractivity contribution < 1.29 is 14.3 Å². The van der Waals surface area contributed by atoms with Gasteiger partial charge in [-0.25, -0.2) is 4.98 Å². The summed E-state index contributed by atoms with van der Waals surface area (Å²) in [5, 5.41) is 7.79.